The molecule has 1 heterocycles. The molecule has 0 bridgehead atoms. The molecule has 0 fully saturated rings. The maximum absolute atomic E-state index is 12.1. The molecule has 0 aromatic heterocycles. The van der Waals surface area contributed by atoms with Crippen molar-refractivity contribution in [3.8, 4) is 5.75 Å². The highest BCUT2D eigenvalue weighted by molar-refractivity contribution is 6.33. The quantitative estimate of drug-likeness (QED) is 0.516. The van der Waals surface area contributed by atoms with Crippen LogP contribution in [0.5, 0.6) is 5.75 Å². The number of amidine groups is 1. The molecule has 1 N–H and O–H groups in total. The highest BCUT2D eigenvalue weighted by Gasteiger charge is 2.23. The number of benzene rings is 2. The summed E-state index contributed by atoms with van der Waals surface area (Å²) in [5, 5.41) is 13.6. The molecule has 1 amide bonds. The summed E-state index contributed by atoms with van der Waals surface area (Å²) in [5.41, 5.74) is 1.14. The van der Waals surface area contributed by atoms with Crippen LogP contribution < -0.4 is 10.1 Å². The normalized spacial score (nSPS) is 15.0. The fraction of sp³-hybridized carbons (Fsp3) is 0.0588. The minimum atomic E-state index is -0.586. The average Bonchev–Trinajstić information content (AvgIpc) is 2.96. The molecule has 3 rings (SSSR count). The van der Waals surface area contributed by atoms with Gasteiger partial charge in [0.2, 0.25) is 0 Å². The summed E-state index contributed by atoms with van der Waals surface area (Å²) in [6.07, 6.45) is 1.62. The summed E-state index contributed by atoms with van der Waals surface area (Å²) in [7, 11) is 1.57. The van der Waals surface area contributed by atoms with Crippen LogP contribution in [-0.4, -0.2) is 23.8 Å². The summed E-state index contributed by atoms with van der Waals surface area (Å²) >= 11 is 5.80. The van der Waals surface area contributed by atoms with Gasteiger partial charge >= 0.3 is 0 Å². The number of hydrogen-bond acceptors (Lipinski definition) is 5. The molecular formula is C17H12ClN3O4. The van der Waals surface area contributed by atoms with Crippen LogP contribution in [0.15, 0.2) is 53.2 Å². The Morgan fingerprint density at radius 2 is 1.96 bits per heavy atom. The van der Waals surface area contributed by atoms with E-state index in [2.05, 4.69) is 10.3 Å². The summed E-state index contributed by atoms with van der Waals surface area (Å²) in [6, 6.07) is 11.4. The van der Waals surface area contributed by atoms with Gasteiger partial charge in [-0.3, -0.25) is 14.9 Å². The zero-order valence-corrected chi connectivity index (χ0v) is 13.8. The van der Waals surface area contributed by atoms with Gasteiger partial charge in [0.15, 0.2) is 0 Å². The van der Waals surface area contributed by atoms with Crippen molar-refractivity contribution in [2.24, 2.45) is 4.99 Å². The molecular weight excluding hydrogens is 346 g/mol. The van der Waals surface area contributed by atoms with Gasteiger partial charge in [-0.15, -0.1) is 0 Å². The van der Waals surface area contributed by atoms with Crippen molar-refractivity contribution in [1.82, 2.24) is 5.32 Å². The third kappa shape index (κ3) is 3.51. The van der Waals surface area contributed by atoms with Crippen molar-refractivity contribution in [1.29, 1.82) is 0 Å². The number of rotatable bonds is 4. The van der Waals surface area contributed by atoms with E-state index in [1.165, 1.54) is 12.1 Å². The van der Waals surface area contributed by atoms with E-state index in [0.29, 0.717) is 11.3 Å². The SMILES string of the molecule is COc1ccc(/C=C2\N=C(c3ccc(Cl)c([N+](=O)[O-])c3)NC2=O)cc1. The van der Waals surface area contributed by atoms with Crippen molar-refractivity contribution in [2.45, 2.75) is 0 Å². The molecule has 0 radical (unpaired) electrons. The molecule has 8 heteroatoms. The first-order valence-electron chi connectivity index (χ1n) is 7.18. The number of nitro groups is 1. The first-order chi connectivity index (χ1) is 12.0. The van der Waals surface area contributed by atoms with E-state index in [9.17, 15) is 14.9 Å². The van der Waals surface area contributed by atoms with E-state index in [1.54, 1.807) is 43.5 Å². The minimum absolute atomic E-state index is 0.0210. The molecule has 1 aliphatic rings. The molecule has 126 valence electrons. The van der Waals surface area contributed by atoms with Crippen LogP contribution in [0.2, 0.25) is 5.02 Å². The van der Waals surface area contributed by atoms with Gasteiger partial charge < -0.3 is 10.1 Å². The van der Waals surface area contributed by atoms with Crippen LogP contribution in [-0.2, 0) is 4.79 Å². The van der Waals surface area contributed by atoms with Crippen molar-refractivity contribution in [2.75, 3.05) is 7.11 Å². The van der Waals surface area contributed by atoms with Crippen molar-refractivity contribution < 1.29 is 14.5 Å². The van der Waals surface area contributed by atoms with Gasteiger partial charge in [0.25, 0.3) is 11.6 Å². The molecule has 2 aromatic carbocycles. The van der Waals surface area contributed by atoms with Crippen molar-refractivity contribution >= 4 is 35.1 Å². The molecule has 0 atom stereocenters. The number of halogens is 1. The van der Waals surface area contributed by atoms with Gasteiger partial charge in [0.05, 0.1) is 12.0 Å². The number of aliphatic imine (C=N–C) groups is 1. The Bertz CT molecular complexity index is 920. The number of ether oxygens (including phenoxy) is 1. The van der Waals surface area contributed by atoms with E-state index in [-0.39, 0.29) is 28.1 Å². The molecule has 0 unspecified atom stereocenters. The Morgan fingerprint density at radius 3 is 2.60 bits per heavy atom. The lowest BCUT2D eigenvalue weighted by Gasteiger charge is -2.01. The third-order valence-corrected chi connectivity index (χ3v) is 3.85. The lowest BCUT2D eigenvalue weighted by molar-refractivity contribution is -0.384. The largest absolute Gasteiger partial charge is 0.497 e. The standard InChI is InChI=1S/C17H12ClN3O4/c1-25-12-5-2-10(3-6-12)8-14-17(22)20-16(19-14)11-4-7-13(18)15(9-11)21(23)24/h2-9H,1H3,(H,19,20,22)/b14-8-. The van der Waals surface area contributed by atoms with Crippen LogP contribution in [0.3, 0.4) is 0 Å². The van der Waals surface area contributed by atoms with E-state index in [1.807, 2.05) is 0 Å². The van der Waals surface area contributed by atoms with Crippen LogP contribution in [0, 0.1) is 10.1 Å². The Balaban J connectivity index is 1.93. The molecule has 0 spiro atoms. The number of carbonyl (C=O) groups is 1. The topological polar surface area (TPSA) is 93.8 Å². The Labute approximate surface area is 147 Å². The predicted octanol–water partition coefficient (Wildman–Crippen LogP) is 3.17. The number of nitrogens with zero attached hydrogens (tertiary/aromatic N) is 2. The van der Waals surface area contributed by atoms with E-state index >= 15 is 0 Å². The summed E-state index contributed by atoms with van der Waals surface area (Å²) in [6.45, 7) is 0. The lowest BCUT2D eigenvalue weighted by Crippen LogP contribution is -2.24. The lowest BCUT2D eigenvalue weighted by atomic mass is 10.2. The van der Waals surface area contributed by atoms with Gasteiger partial charge in [0.1, 0.15) is 22.3 Å². The number of amides is 1. The average molecular weight is 358 g/mol. The Morgan fingerprint density at radius 1 is 1.24 bits per heavy atom. The van der Waals surface area contributed by atoms with Crippen LogP contribution in [0.4, 0.5) is 5.69 Å². The molecule has 25 heavy (non-hydrogen) atoms. The highest BCUT2D eigenvalue weighted by Crippen LogP contribution is 2.26. The molecule has 0 saturated carbocycles. The molecule has 0 saturated heterocycles. The van der Waals surface area contributed by atoms with Crippen molar-refractivity contribution in [3.05, 3.63) is 74.4 Å². The van der Waals surface area contributed by atoms with E-state index in [4.69, 9.17) is 16.3 Å². The van der Waals surface area contributed by atoms with Crippen LogP contribution >= 0.6 is 11.6 Å². The van der Waals surface area contributed by atoms with E-state index < -0.39 is 4.92 Å². The number of nitrogens with one attached hydrogen (secondary N) is 1. The first-order valence-corrected chi connectivity index (χ1v) is 7.56. The molecule has 2 aromatic rings. The predicted molar refractivity (Wildman–Crippen MR) is 93.8 cm³/mol. The Kier molecular flexibility index (Phi) is 4.49. The fourth-order valence-corrected chi connectivity index (χ4v) is 2.45. The third-order valence-electron chi connectivity index (χ3n) is 3.53. The van der Waals surface area contributed by atoms with Crippen molar-refractivity contribution in [3.63, 3.8) is 0 Å². The Hall–Kier alpha value is -3.19. The maximum atomic E-state index is 12.1. The second-order valence-corrected chi connectivity index (χ2v) is 5.55. The van der Waals surface area contributed by atoms with E-state index in [0.717, 1.165) is 5.56 Å². The maximum Gasteiger partial charge on any atom is 0.288 e. The summed E-state index contributed by atoms with van der Waals surface area (Å²) < 4.78 is 5.08. The smallest absolute Gasteiger partial charge is 0.288 e. The number of methoxy groups -OCH3 is 1. The van der Waals surface area contributed by atoms with Crippen LogP contribution in [0.25, 0.3) is 6.08 Å². The monoisotopic (exact) mass is 357 g/mol. The first kappa shape index (κ1) is 16.7. The number of hydrogen-bond donors (Lipinski definition) is 1. The summed E-state index contributed by atoms with van der Waals surface area (Å²) in [4.78, 5) is 26.7. The van der Waals surface area contributed by atoms with Gasteiger partial charge in [-0.25, -0.2) is 4.99 Å². The second kappa shape index (κ2) is 6.74. The molecule has 1 aliphatic heterocycles. The summed E-state index contributed by atoms with van der Waals surface area (Å²) in [5.74, 6) is 0.559. The highest BCUT2D eigenvalue weighted by atomic mass is 35.5. The number of carbonyl (C=O) groups excluding carboxylic acids is 1. The second-order valence-electron chi connectivity index (χ2n) is 5.14. The number of nitro benzene ring substituents is 1. The molecule has 7 nitrogen and oxygen atoms in total. The molecule has 0 aliphatic carbocycles. The minimum Gasteiger partial charge on any atom is -0.497 e. The van der Waals surface area contributed by atoms with Crippen LogP contribution in [0.1, 0.15) is 11.1 Å². The van der Waals surface area contributed by atoms with Gasteiger partial charge in [-0.1, -0.05) is 23.7 Å². The zero-order chi connectivity index (χ0) is 18.0. The van der Waals surface area contributed by atoms with Gasteiger partial charge in [0, 0.05) is 11.6 Å². The van der Waals surface area contributed by atoms with Gasteiger partial charge in [-0.05, 0) is 35.9 Å². The van der Waals surface area contributed by atoms with Gasteiger partial charge in [-0.2, -0.15) is 0 Å². The fourth-order valence-electron chi connectivity index (χ4n) is 2.26. The zero-order valence-electron chi connectivity index (χ0n) is 13.0.